The molecule has 0 saturated heterocycles. The number of hydrogen-bond donors (Lipinski definition) is 2. The molecule has 0 saturated carbocycles. The molecule has 3 rings (SSSR count). The lowest BCUT2D eigenvalue weighted by Crippen LogP contribution is -2.03. The topological polar surface area (TPSA) is 66.7 Å². The maximum absolute atomic E-state index is 5.59. The zero-order valence-corrected chi connectivity index (χ0v) is 10.8. The summed E-state index contributed by atoms with van der Waals surface area (Å²) in [6, 6.07) is 8.35. The van der Waals surface area contributed by atoms with E-state index in [2.05, 4.69) is 20.5 Å². The van der Waals surface area contributed by atoms with E-state index in [0.29, 0.717) is 6.01 Å². The molecule has 0 atom stereocenters. The summed E-state index contributed by atoms with van der Waals surface area (Å²) in [4.78, 5) is 4.37. The van der Waals surface area contributed by atoms with Crippen molar-refractivity contribution in [2.75, 3.05) is 11.9 Å². The molecule has 5 heteroatoms. The lowest BCUT2D eigenvalue weighted by atomic mass is 10.1. The smallest absolute Gasteiger partial charge is 0.295 e. The Balaban J connectivity index is 1.53. The van der Waals surface area contributed by atoms with Crippen LogP contribution in [0.2, 0.25) is 0 Å². The fourth-order valence-corrected chi connectivity index (χ4v) is 2.05. The van der Waals surface area contributed by atoms with E-state index in [1.807, 2.05) is 37.4 Å². The Kier molecular flexibility index (Phi) is 3.18. The third kappa shape index (κ3) is 2.59. The molecule has 0 bridgehead atoms. The Labute approximate surface area is 111 Å². The van der Waals surface area contributed by atoms with Gasteiger partial charge in [0.05, 0.1) is 6.20 Å². The van der Waals surface area contributed by atoms with Crippen molar-refractivity contribution in [3.05, 3.63) is 41.7 Å². The number of fused-ring (bicyclic) bond motifs is 1. The minimum absolute atomic E-state index is 0.588. The minimum Gasteiger partial charge on any atom is -0.424 e. The molecular formula is C14H16N4O. The van der Waals surface area contributed by atoms with Gasteiger partial charge >= 0.3 is 0 Å². The summed E-state index contributed by atoms with van der Waals surface area (Å²) in [7, 11) is 0. The largest absolute Gasteiger partial charge is 0.424 e. The van der Waals surface area contributed by atoms with Crippen LogP contribution in [0.25, 0.3) is 11.1 Å². The van der Waals surface area contributed by atoms with Crippen LogP contribution < -0.4 is 5.32 Å². The zero-order chi connectivity index (χ0) is 13.1. The number of rotatable bonds is 5. The zero-order valence-electron chi connectivity index (χ0n) is 10.8. The predicted octanol–water partition coefficient (Wildman–Crippen LogP) is 2.90. The van der Waals surface area contributed by atoms with Crippen LogP contribution in [-0.2, 0) is 6.42 Å². The van der Waals surface area contributed by atoms with Crippen molar-refractivity contribution < 1.29 is 4.42 Å². The molecule has 0 radical (unpaired) electrons. The highest BCUT2D eigenvalue weighted by Crippen LogP contribution is 2.18. The third-order valence-corrected chi connectivity index (χ3v) is 3.13. The molecule has 0 fully saturated rings. The van der Waals surface area contributed by atoms with Crippen LogP contribution in [0, 0.1) is 6.92 Å². The molecular weight excluding hydrogens is 240 g/mol. The van der Waals surface area contributed by atoms with Crippen LogP contribution in [0.1, 0.15) is 17.7 Å². The molecule has 0 aliphatic heterocycles. The molecule has 0 aliphatic carbocycles. The Bertz CT molecular complexity index is 638. The SMILES string of the molecule is Cc1[nH]ncc1CCCNc1nc2ccccc2o1. The summed E-state index contributed by atoms with van der Waals surface area (Å²) in [5.41, 5.74) is 4.10. The van der Waals surface area contributed by atoms with Gasteiger partial charge in [0.2, 0.25) is 0 Å². The van der Waals surface area contributed by atoms with Crippen molar-refractivity contribution in [1.82, 2.24) is 15.2 Å². The van der Waals surface area contributed by atoms with Crippen LogP contribution in [0.4, 0.5) is 6.01 Å². The summed E-state index contributed by atoms with van der Waals surface area (Å²) >= 11 is 0. The van der Waals surface area contributed by atoms with Crippen molar-refractivity contribution in [3.8, 4) is 0 Å². The van der Waals surface area contributed by atoms with Crippen molar-refractivity contribution in [2.45, 2.75) is 19.8 Å². The lowest BCUT2D eigenvalue weighted by molar-refractivity contribution is 0.612. The molecule has 3 aromatic rings. The number of benzene rings is 1. The molecule has 98 valence electrons. The highest BCUT2D eigenvalue weighted by molar-refractivity contribution is 5.74. The van der Waals surface area contributed by atoms with Gasteiger partial charge in [0.15, 0.2) is 5.58 Å². The van der Waals surface area contributed by atoms with Gasteiger partial charge < -0.3 is 9.73 Å². The molecule has 0 unspecified atom stereocenters. The number of aromatic amines is 1. The summed E-state index contributed by atoms with van der Waals surface area (Å²) in [5, 5.41) is 10.2. The number of hydrogen-bond acceptors (Lipinski definition) is 4. The number of anilines is 1. The highest BCUT2D eigenvalue weighted by atomic mass is 16.4. The van der Waals surface area contributed by atoms with Crippen molar-refractivity contribution in [2.24, 2.45) is 0 Å². The van der Waals surface area contributed by atoms with Crippen LogP contribution in [-0.4, -0.2) is 21.7 Å². The number of para-hydroxylation sites is 2. The molecule has 0 aliphatic rings. The second-order valence-electron chi connectivity index (χ2n) is 4.54. The molecule has 1 aromatic carbocycles. The van der Waals surface area contributed by atoms with Crippen LogP contribution in [0.15, 0.2) is 34.9 Å². The maximum Gasteiger partial charge on any atom is 0.295 e. The van der Waals surface area contributed by atoms with E-state index in [4.69, 9.17) is 4.42 Å². The molecule has 0 amide bonds. The number of oxazole rings is 1. The number of H-pyrrole nitrogens is 1. The predicted molar refractivity (Wildman–Crippen MR) is 74.1 cm³/mol. The van der Waals surface area contributed by atoms with E-state index in [9.17, 15) is 0 Å². The van der Waals surface area contributed by atoms with Gasteiger partial charge in [0, 0.05) is 12.2 Å². The molecule has 19 heavy (non-hydrogen) atoms. The van der Waals surface area contributed by atoms with Crippen molar-refractivity contribution in [1.29, 1.82) is 0 Å². The van der Waals surface area contributed by atoms with Gasteiger partial charge in [-0.2, -0.15) is 10.1 Å². The Hall–Kier alpha value is -2.30. The fraction of sp³-hybridized carbons (Fsp3) is 0.286. The quantitative estimate of drug-likeness (QED) is 0.689. The van der Waals surface area contributed by atoms with E-state index in [-0.39, 0.29) is 0 Å². The lowest BCUT2D eigenvalue weighted by Gasteiger charge is -2.01. The van der Waals surface area contributed by atoms with Crippen LogP contribution >= 0.6 is 0 Å². The summed E-state index contributed by atoms with van der Waals surface area (Å²) in [5.74, 6) is 0. The Morgan fingerprint density at radius 2 is 2.21 bits per heavy atom. The number of aryl methyl sites for hydroxylation is 2. The van der Waals surface area contributed by atoms with Gasteiger partial charge in [-0.05, 0) is 37.5 Å². The average Bonchev–Trinajstić information content (AvgIpc) is 3.00. The van der Waals surface area contributed by atoms with Gasteiger partial charge in [-0.25, -0.2) is 0 Å². The first-order valence-corrected chi connectivity index (χ1v) is 6.41. The van der Waals surface area contributed by atoms with E-state index in [1.165, 1.54) is 5.56 Å². The Morgan fingerprint density at radius 3 is 3.00 bits per heavy atom. The third-order valence-electron chi connectivity index (χ3n) is 3.13. The number of nitrogens with zero attached hydrogens (tertiary/aromatic N) is 2. The number of nitrogens with one attached hydrogen (secondary N) is 2. The van der Waals surface area contributed by atoms with E-state index < -0.39 is 0 Å². The minimum atomic E-state index is 0.588. The number of aromatic nitrogens is 3. The van der Waals surface area contributed by atoms with E-state index in [0.717, 1.165) is 36.2 Å². The van der Waals surface area contributed by atoms with Gasteiger partial charge in [-0.1, -0.05) is 12.1 Å². The Morgan fingerprint density at radius 1 is 1.32 bits per heavy atom. The first kappa shape index (κ1) is 11.8. The van der Waals surface area contributed by atoms with E-state index >= 15 is 0 Å². The normalized spacial score (nSPS) is 11.0. The van der Waals surface area contributed by atoms with Gasteiger partial charge in [-0.15, -0.1) is 0 Å². The molecule has 2 heterocycles. The maximum atomic E-state index is 5.59. The van der Waals surface area contributed by atoms with Gasteiger partial charge in [-0.3, -0.25) is 5.10 Å². The standard InChI is InChI=1S/C14H16N4O/c1-10-11(9-16-18-10)5-4-8-15-14-17-12-6-2-3-7-13(12)19-14/h2-3,6-7,9H,4-5,8H2,1H3,(H,15,17)(H,16,18). The molecule has 2 N–H and O–H groups in total. The summed E-state index contributed by atoms with van der Waals surface area (Å²) in [6.07, 6.45) is 3.89. The second kappa shape index (κ2) is 5.14. The van der Waals surface area contributed by atoms with Crippen molar-refractivity contribution in [3.63, 3.8) is 0 Å². The second-order valence-corrected chi connectivity index (χ2v) is 4.54. The molecule has 0 spiro atoms. The summed E-state index contributed by atoms with van der Waals surface area (Å²) in [6.45, 7) is 2.87. The van der Waals surface area contributed by atoms with Gasteiger partial charge in [0.1, 0.15) is 5.52 Å². The first-order chi connectivity index (χ1) is 9.33. The fourth-order valence-electron chi connectivity index (χ4n) is 2.05. The van der Waals surface area contributed by atoms with Crippen LogP contribution in [0.3, 0.4) is 0 Å². The summed E-state index contributed by atoms with van der Waals surface area (Å²) < 4.78 is 5.59. The first-order valence-electron chi connectivity index (χ1n) is 6.41. The van der Waals surface area contributed by atoms with Crippen molar-refractivity contribution >= 4 is 17.1 Å². The molecule has 5 nitrogen and oxygen atoms in total. The monoisotopic (exact) mass is 256 g/mol. The van der Waals surface area contributed by atoms with Crippen LogP contribution in [0.5, 0.6) is 0 Å². The van der Waals surface area contributed by atoms with Gasteiger partial charge in [0.25, 0.3) is 6.01 Å². The van der Waals surface area contributed by atoms with E-state index in [1.54, 1.807) is 0 Å². The molecule has 2 aromatic heterocycles. The highest BCUT2D eigenvalue weighted by Gasteiger charge is 2.04. The average molecular weight is 256 g/mol.